The fourth-order valence-corrected chi connectivity index (χ4v) is 2.14. The highest BCUT2D eigenvalue weighted by Gasteiger charge is 2.10. The lowest BCUT2D eigenvalue weighted by atomic mass is 10.2. The Hall–Kier alpha value is -2.11. The summed E-state index contributed by atoms with van der Waals surface area (Å²) in [5.41, 5.74) is 1.12. The molecule has 0 bridgehead atoms. The van der Waals surface area contributed by atoms with Crippen LogP contribution < -0.4 is 9.47 Å². The minimum absolute atomic E-state index is 0.254. The summed E-state index contributed by atoms with van der Waals surface area (Å²) in [4.78, 5) is 6.12. The van der Waals surface area contributed by atoms with Gasteiger partial charge in [0.15, 0.2) is 0 Å². The Morgan fingerprint density at radius 3 is 2.55 bits per heavy atom. The molecule has 5 nitrogen and oxygen atoms in total. The molecule has 2 aromatic rings. The Morgan fingerprint density at radius 2 is 1.91 bits per heavy atom. The molecular weight excluding hydrogens is 280 g/mol. The Morgan fingerprint density at radius 1 is 1.18 bits per heavy atom. The number of likely N-dealkylation sites (N-methyl/N-ethyl adjacent to an activating group) is 1. The van der Waals surface area contributed by atoms with Crippen molar-refractivity contribution in [1.29, 1.82) is 0 Å². The number of hydrogen-bond acceptors (Lipinski definition) is 5. The third-order valence-electron chi connectivity index (χ3n) is 3.20. The number of aliphatic hydroxyl groups is 1. The van der Waals surface area contributed by atoms with E-state index in [4.69, 9.17) is 9.47 Å². The van der Waals surface area contributed by atoms with Gasteiger partial charge in [0.1, 0.15) is 24.2 Å². The molecule has 118 valence electrons. The lowest BCUT2D eigenvalue weighted by Crippen LogP contribution is -2.32. The fraction of sp³-hybridized carbons (Fsp3) is 0.353. The first kappa shape index (κ1) is 16.3. The van der Waals surface area contributed by atoms with Gasteiger partial charge in [0, 0.05) is 25.5 Å². The molecule has 1 aromatic heterocycles. The van der Waals surface area contributed by atoms with Crippen molar-refractivity contribution >= 4 is 0 Å². The zero-order valence-electron chi connectivity index (χ0n) is 13.0. The lowest BCUT2D eigenvalue weighted by Gasteiger charge is -2.20. The zero-order valence-corrected chi connectivity index (χ0v) is 13.0. The minimum Gasteiger partial charge on any atom is -0.497 e. The summed E-state index contributed by atoms with van der Waals surface area (Å²) in [6.45, 7) is 1.53. The van der Waals surface area contributed by atoms with Crippen LogP contribution in [0, 0.1) is 0 Å². The highest BCUT2D eigenvalue weighted by molar-refractivity contribution is 5.31. The van der Waals surface area contributed by atoms with E-state index in [1.165, 1.54) is 0 Å². The molecule has 0 aliphatic rings. The molecule has 1 atom stereocenters. The SMILES string of the molecule is COc1ccc(OCC(O)CN(C)Cc2cccnc2)cc1. The molecule has 1 aromatic carbocycles. The predicted octanol–water partition coefficient (Wildman–Crippen LogP) is 1.96. The summed E-state index contributed by atoms with van der Waals surface area (Å²) in [5.74, 6) is 1.50. The van der Waals surface area contributed by atoms with Crippen LogP contribution in [0.15, 0.2) is 48.8 Å². The largest absolute Gasteiger partial charge is 0.497 e. The molecule has 0 aliphatic carbocycles. The van der Waals surface area contributed by atoms with E-state index in [9.17, 15) is 5.11 Å². The molecule has 0 saturated carbocycles. The first-order valence-corrected chi connectivity index (χ1v) is 7.19. The summed E-state index contributed by atoms with van der Waals surface area (Å²) < 4.78 is 10.7. The van der Waals surface area contributed by atoms with Crippen LogP contribution in [0.1, 0.15) is 5.56 Å². The quantitative estimate of drug-likeness (QED) is 0.808. The van der Waals surface area contributed by atoms with Gasteiger partial charge in [-0.1, -0.05) is 6.07 Å². The number of aromatic nitrogens is 1. The van der Waals surface area contributed by atoms with E-state index in [1.54, 1.807) is 13.3 Å². The Kier molecular flexibility index (Phi) is 6.18. The van der Waals surface area contributed by atoms with E-state index >= 15 is 0 Å². The number of aliphatic hydroxyl groups excluding tert-OH is 1. The smallest absolute Gasteiger partial charge is 0.119 e. The number of benzene rings is 1. The molecule has 0 spiro atoms. The van der Waals surface area contributed by atoms with Crippen LogP contribution in [0.4, 0.5) is 0 Å². The number of pyridine rings is 1. The summed E-state index contributed by atoms with van der Waals surface area (Å²) in [5, 5.41) is 10.1. The average Bonchev–Trinajstić information content (AvgIpc) is 2.54. The van der Waals surface area contributed by atoms with Crippen LogP contribution in [0.2, 0.25) is 0 Å². The second-order valence-corrected chi connectivity index (χ2v) is 5.20. The van der Waals surface area contributed by atoms with Crippen molar-refractivity contribution in [3.63, 3.8) is 0 Å². The van der Waals surface area contributed by atoms with Crippen LogP contribution in [-0.2, 0) is 6.54 Å². The van der Waals surface area contributed by atoms with Crippen LogP contribution in [-0.4, -0.2) is 48.4 Å². The van der Waals surface area contributed by atoms with Crippen molar-refractivity contribution in [2.75, 3.05) is 27.3 Å². The number of nitrogens with zero attached hydrogens (tertiary/aromatic N) is 2. The van der Waals surface area contributed by atoms with Gasteiger partial charge in [0.25, 0.3) is 0 Å². The molecule has 0 radical (unpaired) electrons. The van der Waals surface area contributed by atoms with Crippen molar-refractivity contribution in [2.45, 2.75) is 12.6 Å². The van der Waals surface area contributed by atoms with Gasteiger partial charge in [-0.3, -0.25) is 9.88 Å². The fourth-order valence-electron chi connectivity index (χ4n) is 2.14. The molecule has 1 unspecified atom stereocenters. The maximum absolute atomic E-state index is 10.1. The number of ether oxygens (including phenoxy) is 2. The second kappa shape index (κ2) is 8.36. The van der Waals surface area contributed by atoms with Gasteiger partial charge in [0.2, 0.25) is 0 Å². The van der Waals surface area contributed by atoms with Crippen LogP contribution >= 0.6 is 0 Å². The molecule has 22 heavy (non-hydrogen) atoms. The van der Waals surface area contributed by atoms with Crippen molar-refractivity contribution in [1.82, 2.24) is 9.88 Å². The highest BCUT2D eigenvalue weighted by atomic mass is 16.5. The molecule has 0 amide bonds. The van der Waals surface area contributed by atoms with Gasteiger partial charge in [-0.25, -0.2) is 0 Å². The van der Waals surface area contributed by atoms with E-state index in [0.29, 0.717) is 6.54 Å². The number of rotatable bonds is 8. The Balaban J connectivity index is 1.73. The molecule has 2 rings (SSSR count). The van der Waals surface area contributed by atoms with Gasteiger partial charge in [-0.15, -0.1) is 0 Å². The Labute approximate surface area is 131 Å². The van der Waals surface area contributed by atoms with E-state index in [2.05, 4.69) is 4.98 Å². The predicted molar refractivity (Wildman–Crippen MR) is 85.1 cm³/mol. The van der Waals surface area contributed by atoms with Gasteiger partial charge in [-0.2, -0.15) is 0 Å². The van der Waals surface area contributed by atoms with Gasteiger partial charge >= 0.3 is 0 Å². The standard InChI is InChI=1S/C17H22N2O3/c1-19(11-14-4-3-9-18-10-14)12-15(20)13-22-17-7-5-16(21-2)6-8-17/h3-10,15,20H,11-13H2,1-2H3. The third-order valence-corrected chi connectivity index (χ3v) is 3.20. The van der Waals surface area contributed by atoms with Crippen LogP contribution in [0.3, 0.4) is 0 Å². The molecule has 1 N–H and O–H groups in total. The molecule has 0 aliphatic heterocycles. The number of hydrogen-bond donors (Lipinski definition) is 1. The van der Waals surface area contributed by atoms with E-state index < -0.39 is 6.10 Å². The van der Waals surface area contributed by atoms with Crippen LogP contribution in [0.25, 0.3) is 0 Å². The molecule has 5 heteroatoms. The lowest BCUT2D eigenvalue weighted by molar-refractivity contribution is 0.0743. The topological polar surface area (TPSA) is 54.8 Å². The van der Waals surface area contributed by atoms with Crippen molar-refractivity contribution in [3.05, 3.63) is 54.4 Å². The normalized spacial score (nSPS) is 12.2. The monoisotopic (exact) mass is 302 g/mol. The third kappa shape index (κ3) is 5.35. The van der Waals surface area contributed by atoms with Gasteiger partial charge in [-0.05, 0) is 42.9 Å². The van der Waals surface area contributed by atoms with E-state index in [1.807, 2.05) is 54.5 Å². The molecule has 0 saturated heterocycles. The van der Waals surface area contributed by atoms with Crippen molar-refractivity contribution < 1.29 is 14.6 Å². The summed E-state index contributed by atoms with van der Waals surface area (Å²) in [6.07, 6.45) is 3.03. The van der Waals surface area contributed by atoms with Crippen LogP contribution in [0.5, 0.6) is 11.5 Å². The molecule has 0 fully saturated rings. The first-order valence-electron chi connectivity index (χ1n) is 7.19. The summed E-state index contributed by atoms with van der Waals surface area (Å²) in [7, 11) is 3.58. The molecular formula is C17H22N2O3. The minimum atomic E-state index is -0.552. The second-order valence-electron chi connectivity index (χ2n) is 5.20. The van der Waals surface area contributed by atoms with Gasteiger partial charge < -0.3 is 14.6 Å². The maximum Gasteiger partial charge on any atom is 0.119 e. The molecule has 1 heterocycles. The van der Waals surface area contributed by atoms with Crippen molar-refractivity contribution in [3.8, 4) is 11.5 Å². The van der Waals surface area contributed by atoms with Gasteiger partial charge in [0.05, 0.1) is 7.11 Å². The highest BCUT2D eigenvalue weighted by Crippen LogP contribution is 2.17. The average molecular weight is 302 g/mol. The van der Waals surface area contributed by atoms with E-state index in [-0.39, 0.29) is 6.61 Å². The maximum atomic E-state index is 10.1. The summed E-state index contributed by atoms with van der Waals surface area (Å²) in [6, 6.07) is 11.2. The first-order chi connectivity index (χ1) is 10.7. The summed E-state index contributed by atoms with van der Waals surface area (Å²) >= 11 is 0. The van der Waals surface area contributed by atoms with Crippen molar-refractivity contribution in [2.24, 2.45) is 0 Å². The van der Waals surface area contributed by atoms with E-state index in [0.717, 1.165) is 23.6 Å². The Bertz CT molecular complexity index is 546. The zero-order chi connectivity index (χ0) is 15.8. The number of methoxy groups -OCH3 is 1.